The molecule has 8 nitrogen and oxygen atoms in total. The Balaban J connectivity index is 1.34. The lowest BCUT2D eigenvalue weighted by atomic mass is 10.1. The third-order valence-electron chi connectivity index (χ3n) is 6.80. The maximum atomic E-state index is 6.32. The van der Waals surface area contributed by atoms with E-state index < -0.39 is 0 Å². The molecule has 2 fully saturated rings. The standard InChI is InChI=1S/C25H27N7O/c1-16-11-18(14-31(16)19-12-27-13-19)32-25-22(24(26)28-15-29-25)23(30-32)17-7-9-21(10-8-17)33-20-5-3-2-4-6-20/h2-10,15-16,18-19,27H,11-14H2,1H3,(H2,26,28,29)/t16-,18?/m1/s1. The fraction of sp³-hybridized carbons (Fsp3) is 0.320. The van der Waals surface area contributed by atoms with Crippen LogP contribution in [-0.4, -0.2) is 56.4 Å². The molecule has 1 unspecified atom stereocenters. The van der Waals surface area contributed by atoms with Crippen molar-refractivity contribution in [2.75, 3.05) is 25.4 Å². The SMILES string of the molecule is C[C@@H]1CC(n2nc(-c3ccc(Oc4ccccc4)cc3)c3c(N)ncnc32)CN1C1CNC1. The van der Waals surface area contributed by atoms with Crippen LogP contribution in [0, 0.1) is 0 Å². The van der Waals surface area contributed by atoms with Gasteiger partial charge in [-0.2, -0.15) is 5.10 Å². The molecule has 8 heteroatoms. The fourth-order valence-corrected chi connectivity index (χ4v) is 4.98. The molecule has 33 heavy (non-hydrogen) atoms. The number of benzene rings is 2. The highest BCUT2D eigenvalue weighted by Crippen LogP contribution is 2.36. The van der Waals surface area contributed by atoms with Crippen molar-refractivity contribution in [2.24, 2.45) is 0 Å². The summed E-state index contributed by atoms with van der Waals surface area (Å²) in [5.41, 5.74) is 8.90. The predicted octanol–water partition coefficient (Wildman–Crippen LogP) is 3.47. The smallest absolute Gasteiger partial charge is 0.164 e. The van der Waals surface area contributed by atoms with Crippen molar-refractivity contribution >= 4 is 16.9 Å². The highest BCUT2D eigenvalue weighted by molar-refractivity contribution is 5.98. The maximum absolute atomic E-state index is 6.32. The van der Waals surface area contributed by atoms with Gasteiger partial charge in [-0.25, -0.2) is 14.6 Å². The Morgan fingerprint density at radius 1 is 0.970 bits per heavy atom. The number of fused-ring (bicyclic) bond motifs is 1. The molecule has 2 saturated heterocycles. The maximum Gasteiger partial charge on any atom is 0.164 e. The normalized spacial score (nSPS) is 21.4. The quantitative estimate of drug-likeness (QED) is 0.490. The third-order valence-corrected chi connectivity index (χ3v) is 6.80. The number of aromatic nitrogens is 4. The van der Waals surface area contributed by atoms with Crippen LogP contribution in [0.2, 0.25) is 0 Å². The highest BCUT2D eigenvalue weighted by Gasteiger charge is 2.38. The molecule has 0 saturated carbocycles. The highest BCUT2D eigenvalue weighted by atomic mass is 16.5. The molecular formula is C25H27N7O. The lowest BCUT2D eigenvalue weighted by Gasteiger charge is -2.38. The molecule has 4 heterocycles. The van der Waals surface area contributed by atoms with E-state index in [0.29, 0.717) is 17.9 Å². The summed E-state index contributed by atoms with van der Waals surface area (Å²) in [5, 5.41) is 9.23. The van der Waals surface area contributed by atoms with Gasteiger partial charge < -0.3 is 15.8 Å². The van der Waals surface area contributed by atoms with Gasteiger partial charge in [-0.3, -0.25) is 4.90 Å². The van der Waals surface area contributed by atoms with E-state index in [1.165, 1.54) is 6.33 Å². The summed E-state index contributed by atoms with van der Waals surface area (Å²) in [7, 11) is 0. The molecule has 0 radical (unpaired) electrons. The first kappa shape index (κ1) is 20.1. The van der Waals surface area contributed by atoms with Crippen LogP contribution in [0.3, 0.4) is 0 Å². The number of hydrogen-bond acceptors (Lipinski definition) is 7. The number of para-hydroxylation sites is 1. The first-order valence-electron chi connectivity index (χ1n) is 11.5. The Morgan fingerprint density at radius 3 is 2.45 bits per heavy atom. The third kappa shape index (κ3) is 3.61. The minimum absolute atomic E-state index is 0.256. The molecule has 2 aromatic heterocycles. The molecule has 0 amide bonds. The molecule has 4 aromatic rings. The molecule has 0 bridgehead atoms. The van der Waals surface area contributed by atoms with Crippen LogP contribution in [0.15, 0.2) is 60.9 Å². The summed E-state index contributed by atoms with van der Waals surface area (Å²) in [5.74, 6) is 2.03. The van der Waals surface area contributed by atoms with Crippen molar-refractivity contribution < 1.29 is 4.74 Å². The first-order chi connectivity index (χ1) is 16.2. The molecule has 6 rings (SSSR count). The molecule has 2 aliphatic heterocycles. The van der Waals surface area contributed by atoms with E-state index in [4.69, 9.17) is 15.6 Å². The Morgan fingerprint density at radius 2 is 1.73 bits per heavy atom. The minimum atomic E-state index is 0.256. The number of rotatable bonds is 5. The largest absolute Gasteiger partial charge is 0.457 e. The Kier molecular flexibility index (Phi) is 4.96. The second-order valence-corrected chi connectivity index (χ2v) is 8.94. The van der Waals surface area contributed by atoms with Crippen molar-refractivity contribution in [3.05, 3.63) is 60.9 Å². The summed E-state index contributed by atoms with van der Waals surface area (Å²) in [6.07, 6.45) is 2.57. The van der Waals surface area contributed by atoms with Crippen LogP contribution < -0.4 is 15.8 Å². The topological polar surface area (TPSA) is 94.1 Å². The van der Waals surface area contributed by atoms with Crippen molar-refractivity contribution in [3.8, 4) is 22.8 Å². The van der Waals surface area contributed by atoms with Crippen molar-refractivity contribution in [1.29, 1.82) is 0 Å². The van der Waals surface area contributed by atoms with Crippen LogP contribution in [0.1, 0.15) is 19.4 Å². The van der Waals surface area contributed by atoms with E-state index in [-0.39, 0.29) is 6.04 Å². The number of likely N-dealkylation sites (tertiary alicyclic amines) is 1. The summed E-state index contributed by atoms with van der Waals surface area (Å²) >= 11 is 0. The number of nitrogen functional groups attached to an aromatic ring is 1. The molecule has 3 N–H and O–H groups in total. The Bertz CT molecular complexity index is 1270. The van der Waals surface area contributed by atoms with Gasteiger partial charge >= 0.3 is 0 Å². The monoisotopic (exact) mass is 441 g/mol. The summed E-state index contributed by atoms with van der Waals surface area (Å²) in [6, 6.07) is 19.1. The summed E-state index contributed by atoms with van der Waals surface area (Å²) in [4.78, 5) is 11.4. The fourth-order valence-electron chi connectivity index (χ4n) is 4.98. The lowest BCUT2D eigenvalue weighted by molar-refractivity contribution is 0.137. The number of anilines is 1. The molecule has 2 aromatic carbocycles. The second-order valence-electron chi connectivity index (χ2n) is 8.94. The number of nitrogens with two attached hydrogens (primary N) is 1. The van der Waals surface area contributed by atoms with Gasteiger partial charge in [0.2, 0.25) is 0 Å². The van der Waals surface area contributed by atoms with Crippen LogP contribution in [0.4, 0.5) is 5.82 Å². The molecule has 2 aliphatic rings. The van der Waals surface area contributed by atoms with Gasteiger partial charge in [0.05, 0.1) is 11.4 Å². The Hall–Kier alpha value is -3.49. The molecule has 168 valence electrons. The minimum Gasteiger partial charge on any atom is -0.457 e. The first-order valence-corrected chi connectivity index (χ1v) is 11.5. The van der Waals surface area contributed by atoms with Gasteiger partial charge in [0, 0.05) is 37.3 Å². The van der Waals surface area contributed by atoms with Crippen LogP contribution in [0.25, 0.3) is 22.3 Å². The van der Waals surface area contributed by atoms with Crippen LogP contribution in [-0.2, 0) is 0 Å². The molecule has 2 atom stereocenters. The average molecular weight is 442 g/mol. The van der Waals surface area contributed by atoms with Crippen molar-refractivity contribution in [2.45, 2.75) is 31.5 Å². The van der Waals surface area contributed by atoms with Gasteiger partial charge in [-0.1, -0.05) is 18.2 Å². The zero-order valence-electron chi connectivity index (χ0n) is 18.6. The predicted molar refractivity (Wildman–Crippen MR) is 128 cm³/mol. The van der Waals surface area contributed by atoms with E-state index in [9.17, 15) is 0 Å². The van der Waals surface area contributed by atoms with Gasteiger partial charge in [0.1, 0.15) is 29.3 Å². The van der Waals surface area contributed by atoms with E-state index in [1.807, 2.05) is 54.6 Å². The van der Waals surface area contributed by atoms with Crippen molar-refractivity contribution in [1.82, 2.24) is 30.0 Å². The zero-order valence-corrected chi connectivity index (χ0v) is 18.6. The molecule has 0 spiro atoms. The zero-order chi connectivity index (χ0) is 22.4. The molecule has 0 aliphatic carbocycles. The number of nitrogens with one attached hydrogen (secondary N) is 1. The van der Waals surface area contributed by atoms with E-state index in [2.05, 4.69) is 31.8 Å². The van der Waals surface area contributed by atoms with Gasteiger partial charge in [-0.15, -0.1) is 0 Å². The van der Waals surface area contributed by atoms with E-state index in [0.717, 1.165) is 59.8 Å². The summed E-state index contributed by atoms with van der Waals surface area (Å²) in [6.45, 7) is 5.40. The number of ether oxygens (including phenoxy) is 1. The van der Waals surface area contributed by atoms with Gasteiger partial charge in [0.15, 0.2) is 5.65 Å². The van der Waals surface area contributed by atoms with Crippen molar-refractivity contribution in [3.63, 3.8) is 0 Å². The average Bonchev–Trinajstić information content (AvgIpc) is 3.36. The van der Waals surface area contributed by atoms with Gasteiger partial charge in [0.25, 0.3) is 0 Å². The van der Waals surface area contributed by atoms with E-state index in [1.54, 1.807) is 0 Å². The van der Waals surface area contributed by atoms with E-state index >= 15 is 0 Å². The van der Waals surface area contributed by atoms with Crippen LogP contribution in [0.5, 0.6) is 11.5 Å². The number of hydrogen-bond donors (Lipinski definition) is 2. The second kappa shape index (κ2) is 8.13. The Labute approximate surface area is 192 Å². The van der Waals surface area contributed by atoms with Gasteiger partial charge in [-0.05, 0) is 49.7 Å². The lowest BCUT2D eigenvalue weighted by Crippen LogP contribution is -2.58. The van der Waals surface area contributed by atoms with Crippen LogP contribution >= 0.6 is 0 Å². The summed E-state index contributed by atoms with van der Waals surface area (Å²) < 4.78 is 8.01. The molecular weight excluding hydrogens is 414 g/mol. The number of nitrogens with zero attached hydrogens (tertiary/aromatic N) is 5.